The van der Waals surface area contributed by atoms with Crippen LogP contribution >= 0.6 is 0 Å². The number of carbonyl (C=O) groups excluding carboxylic acids is 1. The number of pyridine rings is 1. The number of esters is 1. The monoisotopic (exact) mass is 287 g/mol. The van der Waals surface area contributed by atoms with E-state index in [2.05, 4.69) is 15.2 Å². The van der Waals surface area contributed by atoms with Crippen molar-refractivity contribution < 1.29 is 13.9 Å². The maximum atomic E-state index is 11.5. The Morgan fingerprint density at radius 3 is 2.76 bits per heavy atom. The highest BCUT2D eigenvalue weighted by atomic mass is 16.5. The average Bonchev–Trinajstić information content (AvgIpc) is 3.05. The number of hydrogen-bond acceptors (Lipinski definition) is 6. The van der Waals surface area contributed by atoms with Gasteiger partial charge in [-0.2, -0.15) is 0 Å². The first-order valence-electron chi connectivity index (χ1n) is 7.09. The zero-order valence-electron chi connectivity index (χ0n) is 11.9. The Morgan fingerprint density at radius 1 is 1.29 bits per heavy atom. The van der Waals surface area contributed by atoms with Gasteiger partial charge in [0, 0.05) is 18.3 Å². The fourth-order valence-electron chi connectivity index (χ4n) is 2.75. The van der Waals surface area contributed by atoms with Crippen LogP contribution in [0.5, 0.6) is 0 Å². The molecule has 0 unspecified atom stereocenters. The van der Waals surface area contributed by atoms with Gasteiger partial charge in [0.2, 0.25) is 11.8 Å². The van der Waals surface area contributed by atoms with Crippen molar-refractivity contribution in [1.29, 1.82) is 0 Å². The van der Waals surface area contributed by atoms with Crippen molar-refractivity contribution in [2.45, 2.75) is 31.6 Å². The van der Waals surface area contributed by atoms with Gasteiger partial charge in [0.05, 0.1) is 18.6 Å². The molecule has 2 heterocycles. The smallest absolute Gasteiger partial charge is 0.308 e. The highest BCUT2D eigenvalue weighted by Gasteiger charge is 2.30. The molecular formula is C15H17N3O3. The second-order valence-electron chi connectivity index (χ2n) is 5.26. The molecule has 0 radical (unpaired) electrons. The number of ether oxygens (including phenoxy) is 1. The SMILES string of the molecule is COC(=O)C1CCC(c2nnc(-c3cccnc3)o2)CC1. The van der Waals surface area contributed by atoms with Crippen LogP contribution < -0.4 is 0 Å². The molecule has 2 aromatic rings. The Kier molecular flexibility index (Phi) is 3.94. The summed E-state index contributed by atoms with van der Waals surface area (Å²) in [5.74, 6) is 1.26. The minimum atomic E-state index is -0.116. The summed E-state index contributed by atoms with van der Waals surface area (Å²) in [6, 6.07) is 3.72. The molecule has 1 saturated carbocycles. The van der Waals surface area contributed by atoms with Crippen molar-refractivity contribution in [3.8, 4) is 11.5 Å². The lowest BCUT2D eigenvalue weighted by molar-refractivity contribution is -0.146. The van der Waals surface area contributed by atoms with Crippen molar-refractivity contribution in [2.75, 3.05) is 7.11 Å². The normalized spacial score (nSPS) is 22.0. The van der Waals surface area contributed by atoms with Gasteiger partial charge in [-0.25, -0.2) is 0 Å². The van der Waals surface area contributed by atoms with Crippen LogP contribution in [-0.2, 0) is 9.53 Å². The number of methoxy groups -OCH3 is 1. The van der Waals surface area contributed by atoms with Crippen LogP contribution in [0.15, 0.2) is 28.9 Å². The highest BCUT2D eigenvalue weighted by molar-refractivity contribution is 5.72. The van der Waals surface area contributed by atoms with E-state index in [1.807, 2.05) is 12.1 Å². The maximum Gasteiger partial charge on any atom is 0.308 e. The summed E-state index contributed by atoms with van der Waals surface area (Å²) in [5.41, 5.74) is 0.819. The molecule has 0 amide bonds. The van der Waals surface area contributed by atoms with Crippen LogP contribution in [0.4, 0.5) is 0 Å². The molecule has 1 aliphatic rings. The molecule has 6 nitrogen and oxygen atoms in total. The van der Waals surface area contributed by atoms with Crippen LogP contribution in [0.3, 0.4) is 0 Å². The number of nitrogens with zero attached hydrogens (tertiary/aromatic N) is 3. The third kappa shape index (κ3) is 2.94. The van der Waals surface area contributed by atoms with E-state index >= 15 is 0 Å². The molecule has 6 heteroatoms. The first kappa shape index (κ1) is 13.7. The van der Waals surface area contributed by atoms with Gasteiger partial charge < -0.3 is 9.15 Å². The van der Waals surface area contributed by atoms with Crippen molar-refractivity contribution >= 4 is 5.97 Å². The Balaban J connectivity index is 1.67. The molecular weight excluding hydrogens is 270 g/mol. The fraction of sp³-hybridized carbons (Fsp3) is 0.467. The highest BCUT2D eigenvalue weighted by Crippen LogP contribution is 2.36. The Bertz CT molecular complexity index is 604. The molecule has 0 bridgehead atoms. The van der Waals surface area contributed by atoms with Crippen LogP contribution in [0.1, 0.15) is 37.5 Å². The Labute approximate surface area is 122 Å². The van der Waals surface area contributed by atoms with Crippen molar-refractivity contribution in [3.05, 3.63) is 30.4 Å². The molecule has 3 rings (SSSR count). The van der Waals surface area contributed by atoms with E-state index in [0.717, 1.165) is 31.2 Å². The lowest BCUT2D eigenvalue weighted by atomic mass is 9.82. The van der Waals surface area contributed by atoms with Gasteiger partial charge in [-0.05, 0) is 37.8 Å². The predicted octanol–water partition coefficient (Wildman–Crippen LogP) is 2.58. The van der Waals surface area contributed by atoms with E-state index in [1.54, 1.807) is 12.4 Å². The summed E-state index contributed by atoms with van der Waals surface area (Å²) in [4.78, 5) is 15.6. The van der Waals surface area contributed by atoms with Gasteiger partial charge in [-0.1, -0.05) is 0 Å². The second kappa shape index (κ2) is 6.03. The lowest BCUT2D eigenvalue weighted by Crippen LogP contribution is -2.22. The molecule has 0 saturated heterocycles. The van der Waals surface area contributed by atoms with Gasteiger partial charge in [-0.15, -0.1) is 10.2 Å². The first-order valence-corrected chi connectivity index (χ1v) is 7.09. The van der Waals surface area contributed by atoms with Gasteiger partial charge in [0.15, 0.2) is 0 Å². The topological polar surface area (TPSA) is 78.1 Å². The summed E-state index contributed by atoms with van der Waals surface area (Å²) in [5, 5.41) is 8.23. The minimum Gasteiger partial charge on any atom is -0.469 e. The standard InChI is InChI=1S/C15H17N3O3/c1-20-15(19)11-6-4-10(5-7-11)13-17-18-14(21-13)12-3-2-8-16-9-12/h2-3,8-11H,4-7H2,1H3. The molecule has 21 heavy (non-hydrogen) atoms. The summed E-state index contributed by atoms with van der Waals surface area (Å²) in [6.07, 6.45) is 6.76. The fourth-order valence-corrected chi connectivity index (χ4v) is 2.75. The largest absolute Gasteiger partial charge is 0.469 e. The van der Waals surface area contributed by atoms with E-state index in [9.17, 15) is 4.79 Å². The molecule has 0 spiro atoms. The van der Waals surface area contributed by atoms with Crippen LogP contribution in [0.25, 0.3) is 11.5 Å². The molecule has 0 N–H and O–H groups in total. The van der Waals surface area contributed by atoms with Gasteiger partial charge in [0.25, 0.3) is 0 Å². The Morgan fingerprint density at radius 2 is 2.10 bits per heavy atom. The van der Waals surface area contributed by atoms with Crippen LogP contribution in [0.2, 0.25) is 0 Å². The molecule has 0 aliphatic heterocycles. The van der Waals surface area contributed by atoms with Crippen molar-refractivity contribution in [1.82, 2.24) is 15.2 Å². The maximum absolute atomic E-state index is 11.5. The summed E-state index contributed by atoms with van der Waals surface area (Å²) >= 11 is 0. The summed E-state index contributed by atoms with van der Waals surface area (Å²) < 4.78 is 10.5. The summed E-state index contributed by atoms with van der Waals surface area (Å²) in [7, 11) is 1.44. The van der Waals surface area contributed by atoms with Crippen LogP contribution in [0, 0.1) is 5.92 Å². The average molecular weight is 287 g/mol. The molecule has 2 aromatic heterocycles. The molecule has 0 aromatic carbocycles. The van der Waals surface area contributed by atoms with Crippen molar-refractivity contribution in [2.24, 2.45) is 5.92 Å². The third-order valence-electron chi connectivity index (χ3n) is 3.96. The van der Waals surface area contributed by atoms with Crippen LogP contribution in [-0.4, -0.2) is 28.3 Å². The number of hydrogen-bond donors (Lipinski definition) is 0. The third-order valence-corrected chi connectivity index (χ3v) is 3.96. The second-order valence-corrected chi connectivity index (χ2v) is 5.26. The molecule has 110 valence electrons. The van der Waals surface area contributed by atoms with E-state index in [0.29, 0.717) is 11.8 Å². The van der Waals surface area contributed by atoms with E-state index in [-0.39, 0.29) is 17.8 Å². The Hall–Kier alpha value is -2.24. The molecule has 1 fully saturated rings. The van der Waals surface area contributed by atoms with Gasteiger partial charge in [0.1, 0.15) is 0 Å². The zero-order chi connectivity index (χ0) is 14.7. The van der Waals surface area contributed by atoms with E-state index < -0.39 is 0 Å². The van der Waals surface area contributed by atoms with Crippen molar-refractivity contribution in [3.63, 3.8) is 0 Å². The minimum absolute atomic E-state index is 0.00645. The van der Waals surface area contributed by atoms with Gasteiger partial charge in [-0.3, -0.25) is 9.78 Å². The summed E-state index contributed by atoms with van der Waals surface area (Å²) in [6.45, 7) is 0. The molecule has 1 aliphatic carbocycles. The van der Waals surface area contributed by atoms with E-state index in [1.165, 1.54) is 7.11 Å². The van der Waals surface area contributed by atoms with Gasteiger partial charge >= 0.3 is 5.97 Å². The van der Waals surface area contributed by atoms with E-state index in [4.69, 9.17) is 9.15 Å². The number of rotatable bonds is 3. The molecule has 0 atom stereocenters. The number of carbonyl (C=O) groups is 1. The first-order chi connectivity index (χ1) is 10.3. The predicted molar refractivity (Wildman–Crippen MR) is 74.2 cm³/mol. The lowest BCUT2D eigenvalue weighted by Gasteiger charge is -2.24. The zero-order valence-corrected chi connectivity index (χ0v) is 11.9. The quantitative estimate of drug-likeness (QED) is 0.807. The number of aromatic nitrogens is 3.